The molecule has 1 aromatic heterocycles. The van der Waals surface area contributed by atoms with Gasteiger partial charge in [-0.3, -0.25) is 4.55 Å². The van der Waals surface area contributed by atoms with Gasteiger partial charge in [-0.1, -0.05) is 0 Å². The van der Waals surface area contributed by atoms with Gasteiger partial charge in [0.2, 0.25) is 0 Å². The Morgan fingerprint density at radius 3 is 1.90 bits per heavy atom. The summed E-state index contributed by atoms with van der Waals surface area (Å²) in [7, 11) is -5.84. The van der Waals surface area contributed by atoms with Gasteiger partial charge < -0.3 is 0 Å². The van der Waals surface area contributed by atoms with Gasteiger partial charge in [0.05, 0.1) is 12.6 Å². The Kier molecular flexibility index (Phi) is 6.41. The summed E-state index contributed by atoms with van der Waals surface area (Å²) in [6.45, 7) is 0. The van der Waals surface area contributed by atoms with Crippen molar-refractivity contribution in [1.82, 2.24) is 15.2 Å². The molecule has 0 saturated carbocycles. The number of aromatic nitrogens is 3. The fourth-order valence-corrected chi connectivity index (χ4v) is 0.644. The molecule has 0 spiro atoms. The van der Waals surface area contributed by atoms with Crippen LogP contribution in [0.4, 0.5) is 30.7 Å². The van der Waals surface area contributed by atoms with E-state index in [1.54, 1.807) is 0 Å². The number of alkyl halides is 7. The molecule has 1 aromatic rings. The Hall–Kier alpha value is -1.57. The van der Waals surface area contributed by atoms with E-state index in [-0.39, 0.29) is 0 Å². The van der Waals surface area contributed by atoms with E-state index in [0.717, 1.165) is 6.20 Å². The van der Waals surface area contributed by atoms with Crippen molar-refractivity contribution in [3.05, 3.63) is 18.2 Å². The van der Waals surface area contributed by atoms with Gasteiger partial charge in [0.1, 0.15) is 0 Å². The lowest BCUT2D eigenvalue weighted by Crippen LogP contribution is -2.30. The van der Waals surface area contributed by atoms with Gasteiger partial charge in [0, 0.05) is 6.20 Å². The van der Waals surface area contributed by atoms with Crippen LogP contribution >= 0.6 is 0 Å². The highest BCUT2D eigenvalue weighted by molar-refractivity contribution is 7.86. The molecule has 0 atom stereocenters. The van der Waals surface area contributed by atoms with Crippen LogP contribution in [0.2, 0.25) is 0 Å². The predicted molar refractivity (Wildman–Crippen MR) is 52.1 cm³/mol. The van der Waals surface area contributed by atoms with Crippen molar-refractivity contribution in [2.45, 2.75) is 24.3 Å². The average Bonchev–Trinajstić information content (AvgIpc) is 2.27. The topological polar surface area (TPSA) is 93.0 Å². The first-order valence-electron chi connectivity index (χ1n) is 4.59. The molecule has 21 heavy (non-hydrogen) atoms. The molecular formula is C7H6F7N3O3S. The summed E-state index contributed by atoms with van der Waals surface area (Å²) in [4.78, 5) is 3.36. The van der Waals surface area contributed by atoms with Crippen LogP contribution in [-0.4, -0.2) is 46.0 Å². The highest BCUT2D eigenvalue weighted by atomic mass is 32.2. The molecule has 0 radical (unpaired) electrons. The second-order valence-corrected chi connectivity index (χ2v) is 4.63. The fraction of sp³-hybridized carbons (Fsp3) is 0.571. The van der Waals surface area contributed by atoms with Crippen LogP contribution < -0.4 is 0 Å². The van der Waals surface area contributed by atoms with E-state index < -0.39 is 40.2 Å². The van der Waals surface area contributed by atoms with Crippen molar-refractivity contribution in [3.63, 3.8) is 0 Å². The quantitative estimate of drug-likeness (QED) is 0.509. The normalized spacial score (nSPS) is 12.8. The highest BCUT2D eigenvalue weighted by Gasteiger charge is 2.44. The molecule has 1 heterocycles. The van der Waals surface area contributed by atoms with Crippen LogP contribution in [0.25, 0.3) is 0 Å². The van der Waals surface area contributed by atoms with Crippen LogP contribution in [0.3, 0.4) is 0 Å². The Morgan fingerprint density at radius 1 is 1.14 bits per heavy atom. The SMILES string of the molecule is FC(F)C(F)(F)Cc1nccnn1.O=S(=O)(O)C(F)(F)F. The largest absolute Gasteiger partial charge is 0.522 e. The Morgan fingerprint density at radius 2 is 1.62 bits per heavy atom. The van der Waals surface area contributed by atoms with Crippen molar-refractivity contribution in [3.8, 4) is 0 Å². The highest BCUT2D eigenvalue weighted by Crippen LogP contribution is 2.25. The first-order chi connectivity index (χ1) is 9.27. The first-order valence-corrected chi connectivity index (χ1v) is 6.03. The third-order valence-corrected chi connectivity index (χ3v) is 2.12. The Labute approximate surface area is 112 Å². The molecule has 0 aromatic carbocycles. The minimum Gasteiger partial charge on any atom is -0.279 e. The van der Waals surface area contributed by atoms with Crippen LogP contribution in [0, 0.1) is 0 Å². The third-order valence-electron chi connectivity index (χ3n) is 1.54. The number of hydrogen-bond acceptors (Lipinski definition) is 5. The zero-order chi connectivity index (χ0) is 16.9. The van der Waals surface area contributed by atoms with Gasteiger partial charge in [0.15, 0.2) is 5.82 Å². The number of nitrogens with zero attached hydrogens (tertiary/aromatic N) is 3. The van der Waals surface area contributed by atoms with E-state index in [0.29, 0.717) is 0 Å². The summed E-state index contributed by atoms with van der Waals surface area (Å²) in [6.07, 6.45) is -2.62. The van der Waals surface area contributed by atoms with Crippen LogP contribution in [0.5, 0.6) is 0 Å². The molecule has 0 fully saturated rings. The molecule has 14 heteroatoms. The van der Waals surface area contributed by atoms with E-state index in [1.165, 1.54) is 6.20 Å². The van der Waals surface area contributed by atoms with Crippen LogP contribution in [-0.2, 0) is 16.5 Å². The predicted octanol–water partition coefficient (Wildman–Crippen LogP) is 1.71. The molecule has 6 nitrogen and oxygen atoms in total. The lowest BCUT2D eigenvalue weighted by molar-refractivity contribution is -0.128. The van der Waals surface area contributed by atoms with Crippen LogP contribution in [0.15, 0.2) is 12.4 Å². The molecule has 0 amide bonds. The minimum atomic E-state index is -5.84. The molecule has 0 aliphatic carbocycles. The summed E-state index contributed by atoms with van der Waals surface area (Å²) in [5.41, 5.74) is -5.53. The van der Waals surface area contributed by atoms with E-state index in [9.17, 15) is 30.7 Å². The van der Waals surface area contributed by atoms with Gasteiger partial charge in [-0.15, -0.1) is 5.10 Å². The summed E-state index contributed by atoms with van der Waals surface area (Å²) in [5, 5.41) is 6.41. The third kappa shape index (κ3) is 7.12. The van der Waals surface area contributed by atoms with Gasteiger partial charge in [-0.25, -0.2) is 13.8 Å². The zero-order valence-electron chi connectivity index (χ0n) is 9.60. The van der Waals surface area contributed by atoms with Crippen LogP contribution in [0.1, 0.15) is 5.82 Å². The van der Waals surface area contributed by atoms with E-state index >= 15 is 0 Å². The molecule has 0 saturated heterocycles. The zero-order valence-corrected chi connectivity index (χ0v) is 10.4. The summed E-state index contributed by atoms with van der Waals surface area (Å²) >= 11 is 0. The van der Waals surface area contributed by atoms with Gasteiger partial charge in [-0.2, -0.15) is 35.5 Å². The lowest BCUT2D eigenvalue weighted by Gasteiger charge is -2.12. The second-order valence-electron chi connectivity index (χ2n) is 3.22. The molecular weight excluding hydrogens is 339 g/mol. The second kappa shape index (κ2) is 6.93. The monoisotopic (exact) mass is 345 g/mol. The fourth-order valence-electron chi connectivity index (χ4n) is 0.644. The Bertz CT molecular complexity index is 534. The Balaban J connectivity index is 0.000000433. The average molecular weight is 345 g/mol. The maximum Gasteiger partial charge on any atom is 0.522 e. The van der Waals surface area contributed by atoms with Crippen molar-refractivity contribution < 1.29 is 43.7 Å². The molecule has 0 unspecified atom stereocenters. The van der Waals surface area contributed by atoms with E-state index in [1.807, 2.05) is 0 Å². The summed E-state index contributed by atoms with van der Waals surface area (Å²) in [5.74, 6) is -4.49. The van der Waals surface area contributed by atoms with Crippen molar-refractivity contribution in [2.24, 2.45) is 0 Å². The molecule has 122 valence electrons. The smallest absolute Gasteiger partial charge is 0.279 e. The number of hydrogen-bond donors (Lipinski definition) is 1. The maximum absolute atomic E-state index is 12.4. The first kappa shape index (κ1) is 19.4. The molecule has 0 aliphatic heterocycles. The molecule has 0 bridgehead atoms. The standard InChI is InChI=1S/C6H5F4N3.CHF3O3S/c7-5(8)6(9,10)3-4-11-1-2-12-13-4;2-1(3,4)8(5,6)7/h1-2,5H,3H2;(H,5,6,7). The minimum absolute atomic E-state index is 0.396. The lowest BCUT2D eigenvalue weighted by atomic mass is 10.2. The molecule has 1 N–H and O–H groups in total. The van der Waals surface area contributed by atoms with Gasteiger partial charge >= 0.3 is 28.0 Å². The summed E-state index contributed by atoms with van der Waals surface area (Å²) < 4.78 is 106. The van der Waals surface area contributed by atoms with Gasteiger partial charge in [0.25, 0.3) is 0 Å². The van der Waals surface area contributed by atoms with E-state index in [4.69, 9.17) is 13.0 Å². The summed E-state index contributed by atoms with van der Waals surface area (Å²) in [6, 6.07) is 0. The van der Waals surface area contributed by atoms with Crippen molar-refractivity contribution >= 4 is 10.1 Å². The van der Waals surface area contributed by atoms with Crippen molar-refractivity contribution in [1.29, 1.82) is 0 Å². The van der Waals surface area contributed by atoms with E-state index in [2.05, 4.69) is 15.2 Å². The van der Waals surface area contributed by atoms with Gasteiger partial charge in [-0.05, 0) is 0 Å². The number of halogens is 7. The molecule has 1 rings (SSSR count). The number of rotatable bonds is 3. The maximum atomic E-state index is 12.4. The molecule has 0 aliphatic rings. The van der Waals surface area contributed by atoms with Crippen molar-refractivity contribution in [2.75, 3.05) is 0 Å².